The molecule has 128 valence electrons. The van der Waals surface area contributed by atoms with Gasteiger partial charge in [0.25, 0.3) is 5.79 Å². The van der Waals surface area contributed by atoms with E-state index >= 15 is 0 Å². The molecule has 4 atom stereocenters. The topological polar surface area (TPSA) is 103 Å². The lowest BCUT2D eigenvalue weighted by Gasteiger charge is -2.63. The first-order chi connectivity index (χ1) is 11.2. The first kappa shape index (κ1) is 14.1. The predicted octanol–water partition coefficient (Wildman–Crippen LogP) is -1.26. The second kappa shape index (κ2) is 3.43. The Hall–Kier alpha value is -1.06. The van der Waals surface area contributed by atoms with Gasteiger partial charge in [0, 0.05) is 11.6 Å². The molecular formula is C17H19NO6. The van der Waals surface area contributed by atoms with E-state index in [1.54, 1.807) is 12.2 Å². The summed E-state index contributed by atoms with van der Waals surface area (Å²) in [5, 5.41) is 43.4. The average molecular weight is 333 g/mol. The maximum Gasteiger partial charge on any atom is 0.257 e. The fraction of sp³-hybridized carbons (Fsp3) is 0.647. The van der Waals surface area contributed by atoms with Crippen LogP contribution >= 0.6 is 0 Å². The summed E-state index contributed by atoms with van der Waals surface area (Å²) in [5.74, 6) is -5.54. The maximum absolute atomic E-state index is 11.7. The summed E-state index contributed by atoms with van der Waals surface area (Å²) in [7, 11) is 1.97. The monoisotopic (exact) mass is 333 g/mol. The van der Waals surface area contributed by atoms with Gasteiger partial charge in [-0.3, -0.25) is 4.90 Å². The molecule has 4 aliphatic heterocycles. The van der Waals surface area contributed by atoms with E-state index in [1.165, 1.54) is 12.2 Å². The minimum atomic E-state index is -2.33. The number of aliphatic hydroxyl groups excluding tert-OH is 1. The van der Waals surface area contributed by atoms with Gasteiger partial charge in [-0.25, -0.2) is 0 Å². The number of allylic oxidation sites excluding steroid dienone is 1. The van der Waals surface area contributed by atoms with Gasteiger partial charge >= 0.3 is 0 Å². The van der Waals surface area contributed by atoms with Crippen molar-refractivity contribution in [2.45, 2.75) is 47.9 Å². The molecule has 4 fully saturated rings. The second-order valence-corrected chi connectivity index (χ2v) is 7.93. The zero-order chi connectivity index (χ0) is 16.8. The Balaban J connectivity index is 1.74. The molecule has 4 bridgehead atoms. The molecule has 7 aliphatic rings. The lowest BCUT2D eigenvalue weighted by molar-refractivity contribution is -0.545. The van der Waals surface area contributed by atoms with Crippen molar-refractivity contribution in [2.24, 2.45) is 5.41 Å². The third-order valence-corrected chi connectivity index (χ3v) is 7.16. The number of nitrogens with zero attached hydrogens (tertiary/aromatic N) is 1. The Morgan fingerprint density at radius 3 is 2.71 bits per heavy atom. The summed E-state index contributed by atoms with van der Waals surface area (Å²) in [6.45, 7) is 0.697. The first-order valence-electron chi connectivity index (χ1n) is 8.33. The maximum atomic E-state index is 11.7. The van der Waals surface area contributed by atoms with Gasteiger partial charge in [0.2, 0.25) is 11.6 Å². The van der Waals surface area contributed by atoms with Gasteiger partial charge in [-0.15, -0.1) is 0 Å². The summed E-state index contributed by atoms with van der Waals surface area (Å²) < 4.78 is 12.0. The fourth-order valence-corrected chi connectivity index (χ4v) is 6.18. The Bertz CT molecular complexity index is 778. The summed E-state index contributed by atoms with van der Waals surface area (Å²) >= 11 is 0. The van der Waals surface area contributed by atoms with Crippen LogP contribution in [0, 0.1) is 5.41 Å². The van der Waals surface area contributed by atoms with Crippen molar-refractivity contribution in [3.05, 3.63) is 35.5 Å². The largest absolute Gasteiger partial charge is 0.383 e. The van der Waals surface area contributed by atoms with E-state index in [9.17, 15) is 20.4 Å². The molecule has 7 nitrogen and oxygen atoms in total. The third kappa shape index (κ3) is 0.985. The molecule has 0 saturated carbocycles. The van der Waals surface area contributed by atoms with Crippen molar-refractivity contribution in [3.63, 3.8) is 0 Å². The summed E-state index contributed by atoms with van der Waals surface area (Å²) in [5.41, 5.74) is -0.813. The highest BCUT2D eigenvalue weighted by molar-refractivity contribution is 5.60. The van der Waals surface area contributed by atoms with Crippen LogP contribution in [0.2, 0.25) is 0 Å². The van der Waals surface area contributed by atoms with E-state index < -0.39 is 34.5 Å². The van der Waals surface area contributed by atoms with E-state index in [-0.39, 0.29) is 6.04 Å². The molecule has 7 rings (SSSR count). The molecule has 0 radical (unpaired) electrons. The van der Waals surface area contributed by atoms with Crippen LogP contribution in [0.4, 0.5) is 0 Å². The smallest absolute Gasteiger partial charge is 0.257 e. The van der Waals surface area contributed by atoms with Gasteiger partial charge in [-0.2, -0.15) is 0 Å². The number of hydrogen-bond acceptors (Lipinski definition) is 7. The fourth-order valence-electron chi connectivity index (χ4n) is 6.18. The normalized spacial score (nSPS) is 58.5. The Morgan fingerprint density at radius 1 is 1.21 bits per heavy atom. The number of likely N-dealkylation sites (tertiary alicyclic amines) is 1. The van der Waals surface area contributed by atoms with Crippen LogP contribution < -0.4 is 0 Å². The van der Waals surface area contributed by atoms with Crippen molar-refractivity contribution in [2.75, 3.05) is 13.6 Å². The van der Waals surface area contributed by atoms with Crippen LogP contribution in [-0.4, -0.2) is 74.0 Å². The second-order valence-electron chi connectivity index (χ2n) is 7.93. The Labute approximate surface area is 138 Å². The van der Waals surface area contributed by atoms with Gasteiger partial charge < -0.3 is 29.9 Å². The molecule has 4 heterocycles. The number of rotatable bonds is 0. The Morgan fingerprint density at radius 2 is 1.96 bits per heavy atom. The van der Waals surface area contributed by atoms with Gasteiger partial charge in [0.15, 0.2) is 0 Å². The van der Waals surface area contributed by atoms with E-state index in [0.29, 0.717) is 25.0 Å². The molecule has 3 spiro atoms. The lowest BCUT2D eigenvalue weighted by Crippen LogP contribution is -2.78. The van der Waals surface area contributed by atoms with Crippen LogP contribution in [0.15, 0.2) is 35.5 Å². The highest BCUT2D eigenvalue weighted by atomic mass is 16.9. The zero-order valence-electron chi connectivity index (χ0n) is 13.1. The molecule has 0 aromatic heterocycles. The molecule has 7 heteroatoms. The molecular weight excluding hydrogens is 314 g/mol. The van der Waals surface area contributed by atoms with Gasteiger partial charge in [-0.1, -0.05) is 18.2 Å². The zero-order valence-corrected chi connectivity index (χ0v) is 13.1. The molecule has 0 aromatic rings. The quantitative estimate of drug-likeness (QED) is 0.324. The van der Waals surface area contributed by atoms with Gasteiger partial charge in [-0.05, 0) is 38.1 Å². The van der Waals surface area contributed by atoms with Crippen LogP contribution in [0.25, 0.3) is 0 Å². The molecule has 4 N–H and O–H groups in total. The third-order valence-electron chi connectivity index (χ3n) is 7.16. The highest BCUT2D eigenvalue weighted by Crippen LogP contribution is 2.80. The number of piperidine rings is 1. The van der Waals surface area contributed by atoms with E-state index in [0.717, 1.165) is 5.57 Å². The standard InChI is InChI=1S/C17H19NO6/c1-18-7-6-13-12-9-2-5-15(21,22)17(12)23-16(13,24-17)11(19)3-4-14(13,20)10(18)8-9/h2-5,10-11,19-22H,6-8H2,1H3/t10-,11+,13-,14-,16?,17?/m1/s1. The van der Waals surface area contributed by atoms with Gasteiger partial charge in [0.1, 0.15) is 11.7 Å². The minimum absolute atomic E-state index is 0.191. The van der Waals surface area contributed by atoms with Crippen molar-refractivity contribution >= 4 is 0 Å². The van der Waals surface area contributed by atoms with Crippen molar-refractivity contribution in [1.29, 1.82) is 0 Å². The minimum Gasteiger partial charge on any atom is -0.383 e. The summed E-state index contributed by atoms with van der Waals surface area (Å²) in [6.07, 6.45) is 6.10. The molecule has 0 aromatic carbocycles. The molecule has 0 unspecified atom stereocenters. The molecule has 3 aliphatic carbocycles. The molecule has 4 saturated heterocycles. The van der Waals surface area contributed by atoms with E-state index in [4.69, 9.17) is 9.47 Å². The van der Waals surface area contributed by atoms with Crippen LogP contribution in [0.3, 0.4) is 0 Å². The van der Waals surface area contributed by atoms with E-state index in [2.05, 4.69) is 4.90 Å². The Kier molecular flexibility index (Phi) is 2.02. The lowest BCUT2D eigenvalue weighted by atomic mass is 9.49. The predicted molar refractivity (Wildman–Crippen MR) is 79.1 cm³/mol. The van der Waals surface area contributed by atoms with Crippen LogP contribution in [-0.2, 0) is 9.47 Å². The van der Waals surface area contributed by atoms with Crippen LogP contribution in [0.1, 0.15) is 12.8 Å². The summed E-state index contributed by atoms with van der Waals surface area (Å²) in [6, 6.07) is -0.191. The highest BCUT2D eigenvalue weighted by Gasteiger charge is 2.93. The average Bonchev–Trinajstić information content (AvgIpc) is 2.91. The number of hydrogen-bond donors (Lipinski definition) is 4. The van der Waals surface area contributed by atoms with E-state index in [1.807, 2.05) is 7.05 Å². The van der Waals surface area contributed by atoms with Gasteiger partial charge in [0.05, 0.1) is 5.41 Å². The van der Waals surface area contributed by atoms with Crippen molar-refractivity contribution < 1.29 is 29.9 Å². The van der Waals surface area contributed by atoms with Crippen LogP contribution in [0.5, 0.6) is 0 Å². The SMILES string of the molecule is CN1CC[C@]23C4=C5C=CC(O)(O)C46OC2(O6)[C@@H](O)C=C[C@@]3(O)[C@H]1C5. The number of ether oxygens (including phenoxy) is 2. The first-order valence-corrected chi connectivity index (χ1v) is 8.33. The number of likely N-dealkylation sites (N-methyl/N-ethyl adjacent to an activating group) is 1. The molecule has 0 amide bonds. The van der Waals surface area contributed by atoms with Crippen molar-refractivity contribution in [3.8, 4) is 0 Å². The summed E-state index contributed by atoms with van der Waals surface area (Å²) in [4.78, 5) is 2.11. The number of aliphatic hydroxyl groups is 4. The van der Waals surface area contributed by atoms with Crippen molar-refractivity contribution in [1.82, 2.24) is 4.90 Å². The molecule has 24 heavy (non-hydrogen) atoms.